The minimum absolute atomic E-state index is 0. The van der Waals surface area contributed by atoms with Gasteiger partial charge in [-0.2, -0.15) is 17.7 Å². The Morgan fingerprint density at radius 1 is 1.50 bits per heavy atom. The van der Waals surface area contributed by atoms with Gasteiger partial charge in [0.2, 0.25) is 0 Å². The van der Waals surface area contributed by atoms with Crippen molar-refractivity contribution in [2.75, 3.05) is 0 Å². The minimum atomic E-state index is 0. The van der Waals surface area contributed by atoms with Gasteiger partial charge < -0.3 is 4.98 Å². The molecule has 0 bridgehead atoms. The molecule has 0 amide bonds. The van der Waals surface area contributed by atoms with E-state index < -0.39 is 0 Å². The molecule has 0 aliphatic rings. The van der Waals surface area contributed by atoms with Gasteiger partial charge in [0.15, 0.2) is 0 Å². The van der Waals surface area contributed by atoms with E-state index in [1.165, 1.54) is 5.56 Å². The van der Waals surface area contributed by atoms with E-state index in [0.717, 1.165) is 0 Å². The van der Waals surface area contributed by atoms with E-state index in [-0.39, 0.29) is 19.5 Å². The fourth-order valence-electron chi connectivity index (χ4n) is 0.685. The molecule has 1 rings (SSSR count). The van der Waals surface area contributed by atoms with Gasteiger partial charge in [0, 0.05) is 19.5 Å². The van der Waals surface area contributed by atoms with Crippen molar-refractivity contribution in [3.63, 3.8) is 0 Å². The zero-order chi connectivity index (χ0) is 6.69. The second kappa shape index (κ2) is 4.57. The molecule has 1 radical (unpaired) electrons. The third-order valence-electron chi connectivity index (χ3n) is 1.31. The summed E-state index contributed by atoms with van der Waals surface area (Å²) < 4.78 is 0. The van der Waals surface area contributed by atoms with Gasteiger partial charge in [-0.05, 0) is 0 Å². The van der Waals surface area contributed by atoms with Crippen molar-refractivity contribution in [2.45, 2.75) is 19.8 Å². The third kappa shape index (κ3) is 2.57. The zero-order valence-corrected chi connectivity index (χ0v) is 7.73. The maximum Gasteiger partial charge on any atom is 0 e. The summed E-state index contributed by atoms with van der Waals surface area (Å²) in [7, 11) is 0. The summed E-state index contributed by atoms with van der Waals surface area (Å²) >= 11 is 0. The number of pyridine rings is 1. The van der Waals surface area contributed by atoms with Crippen molar-refractivity contribution in [3.8, 4) is 0 Å². The smallest absolute Gasteiger partial charge is 0 e. The standard InChI is InChI=1S/C8H10N.Rh/c1-7(2)8-3-5-9-6-4-8;/h3-5,7H,1-2H3;/q-1;. The first-order chi connectivity index (χ1) is 4.30. The average Bonchev–Trinajstić information content (AvgIpc) is 1.90. The molecule has 0 aliphatic carbocycles. The molecule has 0 atom stereocenters. The molecule has 57 valence electrons. The Balaban J connectivity index is 0.000000810. The number of nitrogens with zero attached hydrogens (tertiary/aromatic N) is 1. The molecule has 0 unspecified atom stereocenters. The molecule has 0 spiro atoms. The monoisotopic (exact) mass is 223 g/mol. The molecule has 2 heteroatoms. The van der Waals surface area contributed by atoms with E-state index in [1.54, 1.807) is 6.20 Å². The van der Waals surface area contributed by atoms with Gasteiger partial charge in [0.25, 0.3) is 0 Å². The molecular weight excluding hydrogens is 213 g/mol. The van der Waals surface area contributed by atoms with Crippen molar-refractivity contribution in [1.82, 2.24) is 4.98 Å². The first-order valence-electron chi connectivity index (χ1n) is 3.12. The van der Waals surface area contributed by atoms with E-state index in [9.17, 15) is 0 Å². The van der Waals surface area contributed by atoms with Gasteiger partial charge in [-0.25, -0.2) is 0 Å². The quantitative estimate of drug-likeness (QED) is 0.524. The van der Waals surface area contributed by atoms with Crippen molar-refractivity contribution in [2.24, 2.45) is 0 Å². The Labute approximate surface area is 74.6 Å². The number of rotatable bonds is 1. The Hall–Kier alpha value is -0.227. The molecule has 1 heterocycles. The molecule has 0 aromatic carbocycles. The molecule has 10 heavy (non-hydrogen) atoms. The first-order valence-corrected chi connectivity index (χ1v) is 3.12. The Morgan fingerprint density at radius 3 is 2.50 bits per heavy atom. The summed E-state index contributed by atoms with van der Waals surface area (Å²) in [5.74, 6) is 0.587. The van der Waals surface area contributed by atoms with Crippen LogP contribution in [0.1, 0.15) is 25.3 Å². The third-order valence-corrected chi connectivity index (χ3v) is 1.31. The SMILES string of the molecule is CC(C)c1c[c-]ncc1.[Rh]. The normalized spacial score (nSPS) is 9.10. The Morgan fingerprint density at radius 2 is 2.20 bits per heavy atom. The molecule has 0 fully saturated rings. The molecule has 1 aromatic heterocycles. The van der Waals surface area contributed by atoms with E-state index in [0.29, 0.717) is 5.92 Å². The van der Waals surface area contributed by atoms with E-state index in [1.807, 2.05) is 12.1 Å². The van der Waals surface area contributed by atoms with E-state index in [2.05, 4.69) is 25.0 Å². The fraction of sp³-hybridized carbons (Fsp3) is 0.375. The van der Waals surface area contributed by atoms with Crippen molar-refractivity contribution in [1.29, 1.82) is 0 Å². The molecule has 0 N–H and O–H groups in total. The predicted molar refractivity (Wildman–Crippen MR) is 37.2 cm³/mol. The summed E-state index contributed by atoms with van der Waals surface area (Å²) in [6, 6.07) is 3.94. The summed E-state index contributed by atoms with van der Waals surface area (Å²) in [5, 5.41) is 0. The molecular formula is C8H10NRh-. The Bertz CT molecular complexity index is 172. The zero-order valence-electron chi connectivity index (χ0n) is 6.09. The summed E-state index contributed by atoms with van der Waals surface area (Å²) in [6.45, 7) is 4.31. The Kier molecular flexibility index (Phi) is 4.46. The van der Waals surface area contributed by atoms with Crippen LogP contribution < -0.4 is 0 Å². The van der Waals surface area contributed by atoms with Gasteiger partial charge in [-0.15, -0.1) is 0 Å². The summed E-state index contributed by atoms with van der Waals surface area (Å²) in [6.07, 6.45) is 4.57. The molecule has 0 saturated carbocycles. The van der Waals surface area contributed by atoms with Crippen LogP contribution in [-0.4, -0.2) is 4.98 Å². The van der Waals surface area contributed by atoms with Gasteiger partial charge in [0.05, 0.1) is 0 Å². The fourth-order valence-corrected chi connectivity index (χ4v) is 0.685. The minimum Gasteiger partial charge on any atom is -0.394 e. The van der Waals surface area contributed by atoms with Crippen LogP contribution in [0.15, 0.2) is 18.3 Å². The van der Waals surface area contributed by atoms with Gasteiger partial charge in [-0.1, -0.05) is 32.2 Å². The maximum atomic E-state index is 3.80. The van der Waals surface area contributed by atoms with Crippen molar-refractivity contribution >= 4 is 0 Å². The number of aromatic nitrogens is 1. The molecule has 0 aliphatic heterocycles. The van der Waals surface area contributed by atoms with Gasteiger partial charge >= 0.3 is 0 Å². The van der Waals surface area contributed by atoms with Crippen LogP contribution in [0.3, 0.4) is 0 Å². The van der Waals surface area contributed by atoms with Crippen LogP contribution in [0.2, 0.25) is 0 Å². The van der Waals surface area contributed by atoms with Crippen LogP contribution >= 0.6 is 0 Å². The molecule has 1 nitrogen and oxygen atoms in total. The van der Waals surface area contributed by atoms with Crippen LogP contribution in [0.25, 0.3) is 0 Å². The first kappa shape index (κ1) is 9.77. The molecule has 1 aromatic rings. The largest absolute Gasteiger partial charge is 0.394 e. The van der Waals surface area contributed by atoms with Crippen LogP contribution in [-0.2, 0) is 19.5 Å². The van der Waals surface area contributed by atoms with E-state index in [4.69, 9.17) is 0 Å². The second-order valence-corrected chi connectivity index (χ2v) is 2.37. The maximum absolute atomic E-state index is 3.80. The summed E-state index contributed by atoms with van der Waals surface area (Å²) in [5.41, 5.74) is 1.30. The van der Waals surface area contributed by atoms with Crippen LogP contribution in [0.4, 0.5) is 0 Å². The molecule has 0 saturated heterocycles. The predicted octanol–water partition coefficient (Wildman–Crippen LogP) is 2.00. The van der Waals surface area contributed by atoms with Gasteiger partial charge in [0.1, 0.15) is 0 Å². The van der Waals surface area contributed by atoms with E-state index >= 15 is 0 Å². The van der Waals surface area contributed by atoms with Crippen molar-refractivity contribution in [3.05, 3.63) is 30.1 Å². The van der Waals surface area contributed by atoms with Crippen molar-refractivity contribution < 1.29 is 19.5 Å². The van der Waals surface area contributed by atoms with Crippen LogP contribution in [0, 0.1) is 6.20 Å². The van der Waals surface area contributed by atoms with Gasteiger partial charge in [-0.3, -0.25) is 0 Å². The average molecular weight is 223 g/mol. The number of hydrogen-bond acceptors (Lipinski definition) is 1. The second-order valence-electron chi connectivity index (χ2n) is 2.37. The number of hydrogen-bond donors (Lipinski definition) is 0. The van der Waals surface area contributed by atoms with Crippen LogP contribution in [0.5, 0.6) is 0 Å². The summed E-state index contributed by atoms with van der Waals surface area (Å²) in [4.78, 5) is 3.80. The topological polar surface area (TPSA) is 12.9 Å².